The lowest BCUT2D eigenvalue weighted by Crippen LogP contribution is -2.42. The maximum absolute atomic E-state index is 13.8. The number of nitrogens with zero attached hydrogens (tertiary/aromatic N) is 1. The van der Waals surface area contributed by atoms with E-state index in [4.69, 9.17) is 0 Å². The van der Waals surface area contributed by atoms with Crippen LogP contribution in [0.25, 0.3) is 5.76 Å². The fraction of sp³-hybridized carbons (Fsp3) is 0.200. The van der Waals surface area contributed by atoms with Gasteiger partial charge in [0, 0.05) is 45.3 Å². The normalized spacial score (nSPS) is 19.4. The number of amidine groups is 1. The number of aliphatic hydroxyl groups excluding tert-OH is 1. The molecule has 0 bridgehead atoms. The van der Waals surface area contributed by atoms with Gasteiger partial charge < -0.3 is 5.11 Å². The van der Waals surface area contributed by atoms with Crippen molar-refractivity contribution < 1.29 is 14.3 Å². The van der Waals surface area contributed by atoms with Gasteiger partial charge in [-0.1, -0.05) is 42.0 Å². The first-order valence-electron chi connectivity index (χ1n) is 11.9. The van der Waals surface area contributed by atoms with Gasteiger partial charge in [0.2, 0.25) is 0 Å². The van der Waals surface area contributed by atoms with E-state index in [0.717, 1.165) is 21.7 Å². The van der Waals surface area contributed by atoms with Gasteiger partial charge in [-0.25, -0.2) is 4.39 Å². The topological polar surface area (TPSA) is 64.4 Å². The molecule has 0 radical (unpaired) electrons. The molecule has 2 N–H and O–H groups in total. The molecule has 0 fully saturated rings. The van der Waals surface area contributed by atoms with Crippen LogP contribution in [0.5, 0.6) is 0 Å². The average molecular weight is 499 g/mol. The van der Waals surface area contributed by atoms with Crippen LogP contribution in [0.15, 0.2) is 94.5 Å². The van der Waals surface area contributed by atoms with Crippen LogP contribution in [0.4, 0.5) is 10.1 Å². The summed E-state index contributed by atoms with van der Waals surface area (Å²) in [7, 11) is 0. The van der Waals surface area contributed by atoms with E-state index in [-0.39, 0.29) is 23.2 Å². The van der Waals surface area contributed by atoms with Crippen molar-refractivity contribution in [3.8, 4) is 0 Å². The molecule has 36 heavy (non-hydrogen) atoms. The maximum atomic E-state index is 13.8. The van der Waals surface area contributed by atoms with Gasteiger partial charge in [-0.2, -0.15) is 0 Å². The molecular weight excluding hydrogens is 471 g/mol. The fourth-order valence-electron chi connectivity index (χ4n) is 5.06. The average Bonchev–Trinajstić information content (AvgIpc) is 2.89. The molecule has 182 valence electrons. The Balaban J connectivity index is 1.80. The van der Waals surface area contributed by atoms with Crippen LogP contribution in [0.3, 0.4) is 0 Å². The van der Waals surface area contributed by atoms with Crippen LogP contribution < -0.4 is 4.90 Å². The zero-order valence-electron chi connectivity index (χ0n) is 20.2. The van der Waals surface area contributed by atoms with Crippen LogP contribution in [0, 0.1) is 18.2 Å². The molecule has 1 heterocycles. The first-order chi connectivity index (χ1) is 17.4. The van der Waals surface area contributed by atoms with Crippen molar-refractivity contribution in [2.75, 3.05) is 11.2 Å². The number of halogens is 1. The van der Waals surface area contributed by atoms with Crippen molar-refractivity contribution in [3.63, 3.8) is 0 Å². The molecule has 0 aromatic heterocycles. The summed E-state index contributed by atoms with van der Waals surface area (Å²) in [6, 6.07) is 21.4. The van der Waals surface area contributed by atoms with E-state index in [2.05, 4.69) is 0 Å². The number of rotatable bonds is 4. The van der Waals surface area contributed by atoms with Crippen molar-refractivity contribution in [3.05, 3.63) is 112 Å². The number of carbonyl (C=O) groups is 1. The predicted molar refractivity (Wildman–Crippen MR) is 144 cm³/mol. The molecule has 3 aromatic carbocycles. The lowest BCUT2D eigenvalue weighted by Gasteiger charge is -2.41. The number of anilines is 1. The number of allylic oxidation sites excluding steroid dienone is 2. The number of hydrogen-bond donors (Lipinski definition) is 2. The second-order valence-electron chi connectivity index (χ2n) is 9.13. The minimum absolute atomic E-state index is 0.0176. The van der Waals surface area contributed by atoms with E-state index >= 15 is 0 Å². The van der Waals surface area contributed by atoms with Gasteiger partial charge in [0.15, 0.2) is 5.78 Å². The molecule has 5 rings (SSSR count). The molecule has 0 saturated carbocycles. The summed E-state index contributed by atoms with van der Waals surface area (Å²) in [5.74, 6) is -0.873. The quantitative estimate of drug-likeness (QED) is 0.290. The summed E-state index contributed by atoms with van der Waals surface area (Å²) in [6.07, 6.45) is 3.73. The van der Waals surface area contributed by atoms with Gasteiger partial charge in [0.25, 0.3) is 0 Å². The zero-order chi connectivity index (χ0) is 25.4. The number of benzene rings is 3. The molecule has 0 spiro atoms. The number of hydrogen-bond acceptors (Lipinski definition) is 4. The molecule has 4 nitrogen and oxygen atoms in total. The number of thioether (sulfide) groups is 1. The standard InChI is InChI=1S/C30H27FN2O2S/c1-18-6-8-20(9-7-18)29(35)28-26(19-10-16-23(36-2)17-11-19)27-24(4-3-5-25(27)34)33(30(28)32)22-14-12-21(31)13-15-22/h6-17,26,32,35H,3-5H2,1-2H3/b29-28+,32-30?. The lowest BCUT2D eigenvalue weighted by molar-refractivity contribution is -0.116. The summed E-state index contributed by atoms with van der Waals surface area (Å²) in [4.78, 5) is 16.3. The summed E-state index contributed by atoms with van der Waals surface area (Å²) in [5, 5.41) is 21.0. The van der Waals surface area contributed by atoms with Crippen LogP contribution >= 0.6 is 11.8 Å². The number of ketones is 1. The Bertz CT molecular complexity index is 1390. The Morgan fingerprint density at radius 2 is 1.67 bits per heavy atom. The van der Waals surface area contributed by atoms with Crippen molar-refractivity contribution >= 4 is 34.8 Å². The van der Waals surface area contributed by atoms with E-state index in [9.17, 15) is 19.7 Å². The summed E-state index contributed by atoms with van der Waals surface area (Å²) >= 11 is 1.63. The molecule has 0 saturated heterocycles. The molecule has 1 aliphatic carbocycles. The van der Waals surface area contributed by atoms with Gasteiger partial charge in [0.05, 0.1) is 0 Å². The van der Waals surface area contributed by atoms with Crippen molar-refractivity contribution in [1.29, 1.82) is 5.41 Å². The molecule has 3 aromatic rings. The maximum Gasteiger partial charge on any atom is 0.161 e. The first kappa shape index (κ1) is 24.1. The second kappa shape index (κ2) is 9.78. The summed E-state index contributed by atoms with van der Waals surface area (Å²) in [5.41, 5.74) is 4.81. The molecule has 6 heteroatoms. The first-order valence-corrected chi connectivity index (χ1v) is 13.2. The van der Waals surface area contributed by atoms with Crippen molar-refractivity contribution in [1.82, 2.24) is 0 Å². The minimum atomic E-state index is -0.575. The second-order valence-corrected chi connectivity index (χ2v) is 10.0. The third-order valence-electron chi connectivity index (χ3n) is 6.87. The third-order valence-corrected chi connectivity index (χ3v) is 7.61. The fourth-order valence-corrected chi connectivity index (χ4v) is 5.47. The Kier molecular flexibility index (Phi) is 6.54. The van der Waals surface area contributed by atoms with E-state index < -0.39 is 5.92 Å². The van der Waals surface area contributed by atoms with Gasteiger partial charge in [-0.15, -0.1) is 11.8 Å². The van der Waals surface area contributed by atoms with Crippen molar-refractivity contribution in [2.45, 2.75) is 37.0 Å². The van der Waals surface area contributed by atoms with E-state index in [1.54, 1.807) is 28.8 Å². The minimum Gasteiger partial charge on any atom is -0.507 e. The van der Waals surface area contributed by atoms with E-state index in [1.165, 1.54) is 12.1 Å². The van der Waals surface area contributed by atoms with Crippen LogP contribution in [-0.4, -0.2) is 23.0 Å². The number of Topliss-reactive ketones (excluding diaryl/α,β-unsaturated/α-hetero) is 1. The van der Waals surface area contributed by atoms with Crippen LogP contribution in [0.1, 0.15) is 41.9 Å². The highest BCUT2D eigenvalue weighted by Gasteiger charge is 2.43. The Labute approximate surface area is 214 Å². The number of aliphatic hydroxyl groups is 1. The van der Waals surface area contributed by atoms with Gasteiger partial charge >= 0.3 is 0 Å². The molecular formula is C30H27FN2O2S. The van der Waals surface area contributed by atoms with Crippen molar-refractivity contribution in [2.24, 2.45) is 0 Å². The Morgan fingerprint density at radius 1 is 1.00 bits per heavy atom. The summed E-state index contributed by atoms with van der Waals surface area (Å²) < 4.78 is 13.8. The largest absolute Gasteiger partial charge is 0.507 e. The van der Waals surface area contributed by atoms with Crippen LogP contribution in [0.2, 0.25) is 0 Å². The van der Waals surface area contributed by atoms with Crippen LogP contribution in [-0.2, 0) is 4.79 Å². The number of nitrogens with one attached hydrogen (secondary N) is 1. The molecule has 1 unspecified atom stereocenters. The highest BCUT2D eigenvalue weighted by Crippen LogP contribution is 2.48. The van der Waals surface area contributed by atoms with E-state index in [1.807, 2.05) is 61.7 Å². The van der Waals surface area contributed by atoms with Gasteiger partial charge in [-0.3, -0.25) is 15.1 Å². The monoisotopic (exact) mass is 498 g/mol. The zero-order valence-corrected chi connectivity index (χ0v) is 21.0. The predicted octanol–water partition coefficient (Wildman–Crippen LogP) is 7.41. The SMILES string of the molecule is CSc1ccc(C2C3=C(CCCC3=O)N(c3ccc(F)cc3)C(=N)/C2=C(/O)c2ccc(C)cc2)cc1. The molecule has 1 aliphatic heterocycles. The number of aryl methyl sites for hydroxylation is 1. The third kappa shape index (κ3) is 4.26. The molecule has 0 amide bonds. The highest BCUT2D eigenvalue weighted by molar-refractivity contribution is 7.98. The molecule has 1 atom stereocenters. The van der Waals surface area contributed by atoms with Gasteiger partial charge in [0.1, 0.15) is 17.4 Å². The van der Waals surface area contributed by atoms with Gasteiger partial charge in [-0.05, 0) is 68.0 Å². The number of carbonyl (C=O) groups excluding carboxylic acids is 1. The van der Waals surface area contributed by atoms with E-state index in [0.29, 0.717) is 41.7 Å². The Morgan fingerprint density at radius 3 is 2.31 bits per heavy atom. The highest BCUT2D eigenvalue weighted by atomic mass is 32.2. The summed E-state index contributed by atoms with van der Waals surface area (Å²) in [6.45, 7) is 1.97. The smallest absolute Gasteiger partial charge is 0.161 e. The Hall–Kier alpha value is -3.64. The lowest BCUT2D eigenvalue weighted by atomic mass is 9.73. The molecule has 2 aliphatic rings.